The number of methoxy groups -OCH3 is 1. The van der Waals surface area contributed by atoms with Crippen molar-refractivity contribution in [1.82, 2.24) is 10.2 Å². The van der Waals surface area contributed by atoms with Crippen LogP contribution in [-0.2, 0) is 22.7 Å². The van der Waals surface area contributed by atoms with Gasteiger partial charge in [-0.1, -0.05) is 57.0 Å². The van der Waals surface area contributed by atoms with Crippen LogP contribution in [0.15, 0.2) is 75.2 Å². The van der Waals surface area contributed by atoms with Crippen molar-refractivity contribution in [3.05, 3.63) is 91.9 Å². The van der Waals surface area contributed by atoms with Gasteiger partial charge in [0.25, 0.3) is 11.8 Å². The molecule has 10 heteroatoms. The Hall–Kier alpha value is -3.63. The van der Waals surface area contributed by atoms with Crippen LogP contribution < -0.4 is 19.5 Å². The molecule has 0 radical (unpaired) electrons. The Balaban J connectivity index is 1.58. The van der Waals surface area contributed by atoms with Crippen molar-refractivity contribution in [3.63, 3.8) is 0 Å². The van der Waals surface area contributed by atoms with Gasteiger partial charge in [0.05, 0.1) is 20.3 Å². The minimum atomic E-state index is -0.798. The second-order valence-corrected chi connectivity index (χ2v) is 10.5. The van der Waals surface area contributed by atoms with Gasteiger partial charge in [-0.05, 0) is 66.1 Å². The van der Waals surface area contributed by atoms with Crippen molar-refractivity contribution in [2.45, 2.75) is 26.5 Å². The number of barbiturate groups is 1. The zero-order valence-corrected chi connectivity index (χ0v) is 24.5. The van der Waals surface area contributed by atoms with Crippen molar-refractivity contribution in [2.75, 3.05) is 13.7 Å². The summed E-state index contributed by atoms with van der Waals surface area (Å²) in [4.78, 5) is 39.7. The Labute approximate surface area is 243 Å². The number of hydrogen-bond donors (Lipinski definition) is 1. The molecule has 4 rings (SSSR count). The summed E-state index contributed by atoms with van der Waals surface area (Å²) in [5, 5.41) is 2.26. The third kappa shape index (κ3) is 7.07. The van der Waals surface area contributed by atoms with E-state index in [1.807, 2.05) is 31.2 Å². The summed E-state index contributed by atoms with van der Waals surface area (Å²) in [6.45, 7) is 2.75. The maximum Gasteiger partial charge on any atom is 0.331 e. The van der Waals surface area contributed by atoms with Crippen LogP contribution in [-0.4, -0.2) is 36.5 Å². The molecular formula is C29H26Br2N2O6. The summed E-state index contributed by atoms with van der Waals surface area (Å²) >= 11 is 6.85. The van der Waals surface area contributed by atoms with Crippen molar-refractivity contribution in [3.8, 4) is 17.2 Å². The van der Waals surface area contributed by atoms with Crippen molar-refractivity contribution in [2.24, 2.45) is 0 Å². The number of carbonyl (C=O) groups is 3. The predicted molar refractivity (Wildman–Crippen MR) is 153 cm³/mol. The Morgan fingerprint density at radius 2 is 1.54 bits per heavy atom. The number of halogens is 2. The zero-order chi connectivity index (χ0) is 27.9. The molecule has 1 aliphatic rings. The molecule has 8 nitrogen and oxygen atoms in total. The minimum absolute atomic E-state index is 0.0644. The van der Waals surface area contributed by atoms with Gasteiger partial charge in [0.1, 0.15) is 17.9 Å². The maximum absolute atomic E-state index is 13.4. The van der Waals surface area contributed by atoms with E-state index in [9.17, 15) is 14.4 Å². The molecule has 0 spiro atoms. The van der Waals surface area contributed by atoms with E-state index in [0.29, 0.717) is 35.0 Å². The fourth-order valence-electron chi connectivity index (χ4n) is 3.82. The lowest BCUT2D eigenvalue weighted by Crippen LogP contribution is -2.53. The molecule has 3 aromatic rings. The van der Waals surface area contributed by atoms with Crippen LogP contribution in [0.5, 0.6) is 17.2 Å². The van der Waals surface area contributed by atoms with E-state index in [0.717, 1.165) is 25.8 Å². The summed E-state index contributed by atoms with van der Waals surface area (Å²) < 4.78 is 18.8. The highest BCUT2D eigenvalue weighted by Gasteiger charge is 2.36. The molecule has 0 atom stereocenters. The first-order valence-corrected chi connectivity index (χ1v) is 13.7. The lowest BCUT2D eigenvalue weighted by atomic mass is 10.1. The third-order valence-electron chi connectivity index (χ3n) is 5.80. The van der Waals surface area contributed by atoms with E-state index < -0.39 is 17.8 Å². The van der Waals surface area contributed by atoms with Crippen molar-refractivity contribution >= 4 is 55.8 Å². The number of benzene rings is 3. The number of carbonyl (C=O) groups excluding carboxylic acids is 3. The Bertz CT molecular complexity index is 1420. The second-order valence-electron chi connectivity index (χ2n) is 8.64. The summed E-state index contributed by atoms with van der Waals surface area (Å²) in [7, 11) is 1.52. The SMILES string of the molecule is CCCOc1ccc(CN2C(=O)NC(=O)/C(=C\c3cc(Br)ccc3OCc3ccc(Br)cc3)C2=O)cc1OC. The Morgan fingerprint density at radius 1 is 0.846 bits per heavy atom. The number of amides is 4. The molecule has 1 saturated heterocycles. The molecule has 1 fully saturated rings. The first kappa shape index (κ1) is 28.4. The Morgan fingerprint density at radius 3 is 2.26 bits per heavy atom. The lowest BCUT2D eigenvalue weighted by Gasteiger charge is -2.26. The quantitative estimate of drug-likeness (QED) is 0.205. The van der Waals surface area contributed by atoms with E-state index in [-0.39, 0.29) is 18.7 Å². The highest BCUT2D eigenvalue weighted by Crippen LogP contribution is 2.30. The average Bonchev–Trinajstić information content (AvgIpc) is 2.92. The number of ether oxygens (including phenoxy) is 3. The summed E-state index contributed by atoms with van der Waals surface area (Å²) in [6, 6.07) is 17.4. The van der Waals surface area contributed by atoms with Crippen LogP contribution in [0, 0.1) is 0 Å². The fourth-order valence-corrected chi connectivity index (χ4v) is 4.47. The van der Waals surface area contributed by atoms with Crippen LogP contribution in [0.4, 0.5) is 4.79 Å². The van der Waals surface area contributed by atoms with E-state index in [4.69, 9.17) is 14.2 Å². The summed E-state index contributed by atoms with van der Waals surface area (Å²) in [5.41, 5.74) is 1.91. The highest BCUT2D eigenvalue weighted by molar-refractivity contribution is 9.10. The van der Waals surface area contributed by atoms with Gasteiger partial charge < -0.3 is 14.2 Å². The number of urea groups is 1. The smallest absolute Gasteiger partial charge is 0.331 e. The van der Waals surface area contributed by atoms with Crippen LogP contribution in [0.3, 0.4) is 0 Å². The van der Waals surface area contributed by atoms with Crippen LogP contribution in [0.25, 0.3) is 6.08 Å². The molecule has 202 valence electrons. The van der Waals surface area contributed by atoms with E-state index in [2.05, 4.69) is 37.2 Å². The third-order valence-corrected chi connectivity index (χ3v) is 6.82. The van der Waals surface area contributed by atoms with Gasteiger partial charge in [-0.25, -0.2) is 4.79 Å². The number of rotatable bonds is 10. The molecule has 39 heavy (non-hydrogen) atoms. The number of imide groups is 2. The van der Waals surface area contributed by atoms with Crippen LogP contribution in [0.2, 0.25) is 0 Å². The van der Waals surface area contributed by atoms with E-state index in [1.54, 1.807) is 36.4 Å². The van der Waals surface area contributed by atoms with Gasteiger partial charge in [-0.2, -0.15) is 0 Å². The molecule has 1 N–H and O–H groups in total. The zero-order valence-electron chi connectivity index (χ0n) is 21.3. The van der Waals surface area contributed by atoms with E-state index >= 15 is 0 Å². The molecule has 0 unspecified atom stereocenters. The highest BCUT2D eigenvalue weighted by atomic mass is 79.9. The molecule has 4 amide bonds. The van der Waals surface area contributed by atoms with Crippen molar-refractivity contribution in [1.29, 1.82) is 0 Å². The van der Waals surface area contributed by atoms with Gasteiger partial charge in [-0.3, -0.25) is 19.8 Å². The van der Waals surface area contributed by atoms with Gasteiger partial charge in [0, 0.05) is 14.5 Å². The van der Waals surface area contributed by atoms with Gasteiger partial charge in [0.2, 0.25) is 0 Å². The second kappa shape index (κ2) is 12.9. The van der Waals surface area contributed by atoms with E-state index in [1.165, 1.54) is 13.2 Å². The number of nitrogens with one attached hydrogen (secondary N) is 1. The number of hydrogen-bond acceptors (Lipinski definition) is 6. The topological polar surface area (TPSA) is 94.2 Å². The number of nitrogens with zero attached hydrogens (tertiary/aromatic N) is 1. The predicted octanol–water partition coefficient (Wildman–Crippen LogP) is 6.25. The van der Waals surface area contributed by atoms with Crippen molar-refractivity contribution < 1.29 is 28.6 Å². The normalized spacial score (nSPS) is 14.4. The molecule has 0 saturated carbocycles. The monoisotopic (exact) mass is 656 g/mol. The summed E-state index contributed by atoms with van der Waals surface area (Å²) in [6.07, 6.45) is 2.27. The standard InChI is InChI=1S/C29H26Br2N2O6/c1-3-12-38-25-10-6-19(13-26(25)37-2)16-33-28(35)23(27(34)32-29(33)36)15-20-14-22(31)9-11-24(20)39-17-18-4-7-21(30)8-5-18/h4-11,13-15H,3,12,16-17H2,1-2H3,(H,32,34,36)/b23-15+. The molecule has 1 aliphatic heterocycles. The van der Waals surface area contributed by atoms with Crippen LogP contribution >= 0.6 is 31.9 Å². The average molecular weight is 658 g/mol. The largest absolute Gasteiger partial charge is 0.493 e. The maximum atomic E-state index is 13.4. The Kier molecular flexibility index (Phi) is 9.42. The summed E-state index contributed by atoms with van der Waals surface area (Å²) in [5.74, 6) is 0.0388. The van der Waals surface area contributed by atoms with Gasteiger partial charge >= 0.3 is 6.03 Å². The van der Waals surface area contributed by atoms with Gasteiger partial charge in [-0.15, -0.1) is 0 Å². The molecule has 0 aromatic heterocycles. The lowest BCUT2D eigenvalue weighted by molar-refractivity contribution is -0.130. The molecule has 1 heterocycles. The van der Waals surface area contributed by atoms with Crippen LogP contribution in [0.1, 0.15) is 30.0 Å². The molecule has 3 aromatic carbocycles. The fraction of sp³-hybridized carbons (Fsp3) is 0.207. The molecule has 0 aliphatic carbocycles. The minimum Gasteiger partial charge on any atom is -0.493 e. The first-order valence-electron chi connectivity index (χ1n) is 12.1. The van der Waals surface area contributed by atoms with Gasteiger partial charge in [0.15, 0.2) is 11.5 Å². The molecule has 0 bridgehead atoms. The first-order chi connectivity index (χ1) is 18.8. The molecular weight excluding hydrogens is 632 g/mol.